The molecule has 4 rings (SSSR count). The molecule has 0 aliphatic carbocycles. The molecule has 0 unspecified atom stereocenters. The zero-order valence-electron chi connectivity index (χ0n) is 16.6. The van der Waals surface area contributed by atoms with Crippen LogP contribution in [0.2, 0.25) is 0 Å². The van der Waals surface area contributed by atoms with Crippen LogP contribution in [0.5, 0.6) is 0 Å². The molecule has 2 N–H and O–H groups in total. The van der Waals surface area contributed by atoms with Gasteiger partial charge in [-0.3, -0.25) is 4.79 Å². The molecule has 0 aliphatic heterocycles. The van der Waals surface area contributed by atoms with E-state index in [1.807, 2.05) is 67.5 Å². The van der Waals surface area contributed by atoms with Gasteiger partial charge in [0.1, 0.15) is 17.5 Å². The van der Waals surface area contributed by atoms with Gasteiger partial charge in [0.2, 0.25) is 5.91 Å². The molecule has 0 fully saturated rings. The van der Waals surface area contributed by atoms with Crippen LogP contribution in [0.1, 0.15) is 11.4 Å². The Morgan fingerprint density at radius 3 is 2.69 bits per heavy atom. The second kappa shape index (κ2) is 8.18. The number of hydrogen-bond acceptors (Lipinski definition) is 4. The van der Waals surface area contributed by atoms with Gasteiger partial charge in [-0.15, -0.1) is 0 Å². The number of benzene rings is 1. The first-order valence-electron chi connectivity index (χ1n) is 9.63. The minimum atomic E-state index is 0.00931. The highest BCUT2D eigenvalue weighted by Gasteiger charge is 2.10. The third-order valence-electron chi connectivity index (χ3n) is 4.78. The van der Waals surface area contributed by atoms with E-state index in [-0.39, 0.29) is 5.91 Å². The number of carbonyl (C=O) groups excluding carboxylic acids is 1. The van der Waals surface area contributed by atoms with E-state index in [1.165, 1.54) is 0 Å². The molecular weight excluding hydrogens is 364 g/mol. The highest BCUT2D eigenvalue weighted by molar-refractivity contribution is 5.89. The maximum absolute atomic E-state index is 12.4. The molecule has 3 heterocycles. The van der Waals surface area contributed by atoms with Crippen LogP contribution >= 0.6 is 0 Å². The molecule has 148 valence electrons. The number of nitrogens with zero attached hydrogens (tertiary/aromatic N) is 4. The summed E-state index contributed by atoms with van der Waals surface area (Å²) >= 11 is 0. The highest BCUT2D eigenvalue weighted by atomic mass is 16.1. The molecular formula is C22H24N6O. The van der Waals surface area contributed by atoms with Crippen molar-refractivity contribution in [3.8, 4) is 5.82 Å². The second-order valence-corrected chi connectivity index (χ2v) is 6.98. The Labute approximate surface area is 169 Å². The lowest BCUT2D eigenvalue weighted by Crippen LogP contribution is -2.30. The van der Waals surface area contributed by atoms with Gasteiger partial charge in [-0.1, -0.05) is 18.2 Å². The monoisotopic (exact) mass is 388 g/mol. The quantitative estimate of drug-likeness (QED) is 0.477. The van der Waals surface area contributed by atoms with Crippen LogP contribution in [-0.4, -0.2) is 38.1 Å². The number of anilines is 1. The average Bonchev–Trinajstić information content (AvgIpc) is 3.34. The van der Waals surface area contributed by atoms with Crippen LogP contribution in [0.15, 0.2) is 61.1 Å². The molecule has 0 aliphatic rings. The molecule has 0 spiro atoms. The standard InChI is InChI=1S/C22H24N6O/c1-16-25-20(14-21(26-16)28-11-5-6-12-28)23-9-10-24-22(29)13-17-15-27(2)19-8-4-3-7-18(17)19/h3-8,11-12,14-15H,9-10,13H2,1-2H3,(H,24,29)(H,23,25,26). The van der Waals surface area contributed by atoms with Crippen LogP contribution in [0.4, 0.5) is 5.82 Å². The number of para-hydroxylation sites is 1. The summed E-state index contributed by atoms with van der Waals surface area (Å²) in [7, 11) is 2.00. The lowest BCUT2D eigenvalue weighted by Gasteiger charge is -2.10. The van der Waals surface area contributed by atoms with E-state index < -0.39 is 0 Å². The zero-order chi connectivity index (χ0) is 20.2. The Hall–Kier alpha value is -3.61. The number of fused-ring (bicyclic) bond motifs is 1. The molecule has 4 aromatic rings. The summed E-state index contributed by atoms with van der Waals surface area (Å²) in [5.41, 5.74) is 2.17. The lowest BCUT2D eigenvalue weighted by atomic mass is 10.1. The van der Waals surface area contributed by atoms with Crippen molar-refractivity contribution >= 4 is 22.6 Å². The van der Waals surface area contributed by atoms with Crippen LogP contribution in [0.25, 0.3) is 16.7 Å². The number of amides is 1. The predicted molar refractivity (Wildman–Crippen MR) is 114 cm³/mol. The van der Waals surface area contributed by atoms with Crippen molar-refractivity contribution in [3.05, 3.63) is 72.4 Å². The Balaban J connectivity index is 1.31. The van der Waals surface area contributed by atoms with Crippen LogP contribution in [0.3, 0.4) is 0 Å². The van der Waals surface area contributed by atoms with E-state index in [9.17, 15) is 4.79 Å². The predicted octanol–water partition coefficient (Wildman–Crippen LogP) is 2.84. The zero-order valence-corrected chi connectivity index (χ0v) is 16.6. The topological polar surface area (TPSA) is 76.8 Å². The summed E-state index contributed by atoms with van der Waals surface area (Å²) in [5, 5.41) is 7.35. The van der Waals surface area contributed by atoms with Crippen molar-refractivity contribution in [1.29, 1.82) is 0 Å². The molecule has 7 heteroatoms. The number of rotatable bonds is 7. The van der Waals surface area contributed by atoms with E-state index in [0.717, 1.165) is 28.1 Å². The van der Waals surface area contributed by atoms with Gasteiger partial charge in [0.25, 0.3) is 0 Å². The molecule has 0 bridgehead atoms. The fourth-order valence-electron chi connectivity index (χ4n) is 3.46. The minimum absolute atomic E-state index is 0.00931. The summed E-state index contributed by atoms with van der Waals surface area (Å²) in [4.78, 5) is 21.2. The van der Waals surface area contributed by atoms with Gasteiger partial charge in [0.05, 0.1) is 6.42 Å². The van der Waals surface area contributed by atoms with Crippen molar-refractivity contribution in [3.63, 3.8) is 0 Å². The van der Waals surface area contributed by atoms with Crippen LogP contribution in [-0.2, 0) is 18.3 Å². The molecule has 0 saturated heterocycles. The largest absolute Gasteiger partial charge is 0.368 e. The molecule has 0 atom stereocenters. The second-order valence-electron chi connectivity index (χ2n) is 6.98. The SMILES string of the molecule is Cc1nc(NCCNC(=O)Cc2cn(C)c3ccccc23)cc(-n2cccc2)n1. The van der Waals surface area contributed by atoms with Crippen molar-refractivity contribution in [2.24, 2.45) is 7.05 Å². The van der Waals surface area contributed by atoms with Gasteiger partial charge in [-0.05, 0) is 30.7 Å². The fraction of sp³-hybridized carbons (Fsp3) is 0.227. The number of aryl methyl sites for hydroxylation is 2. The molecule has 1 aromatic carbocycles. The minimum Gasteiger partial charge on any atom is -0.368 e. The van der Waals surface area contributed by atoms with Gasteiger partial charge in [-0.25, -0.2) is 9.97 Å². The Bertz CT molecular complexity index is 1130. The Morgan fingerprint density at radius 1 is 1.07 bits per heavy atom. The molecule has 0 radical (unpaired) electrons. The highest BCUT2D eigenvalue weighted by Crippen LogP contribution is 2.20. The van der Waals surface area contributed by atoms with E-state index in [2.05, 4.69) is 37.3 Å². The first kappa shape index (κ1) is 18.7. The summed E-state index contributed by atoms with van der Waals surface area (Å²) in [6, 6.07) is 13.9. The van der Waals surface area contributed by atoms with Crippen molar-refractivity contribution in [2.45, 2.75) is 13.3 Å². The number of carbonyl (C=O) groups is 1. The summed E-state index contributed by atoms with van der Waals surface area (Å²) in [6.07, 6.45) is 6.28. The average molecular weight is 388 g/mol. The van der Waals surface area contributed by atoms with Gasteiger partial charge >= 0.3 is 0 Å². The molecule has 7 nitrogen and oxygen atoms in total. The van der Waals surface area contributed by atoms with E-state index in [1.54, 1.807) is 0 Å². The van der Waals surface area contributed by atoms with Gasteiger partial charge in [-0.2, -0.15) is 0 Å². The lowest BCUT2D eigenvalue weighted by molar-refractivity contribution is -0.120. The van der Waals surface area contributed by atoms with E-state index in [0.29, 0.717) is 25.3 Å². The molecule has 29 heavy (non-hydrogen) atoms. The van der Waals surface area contributed by atoms with E-state index in [4.69, 9.17) is 0 Å². The van der Waals surface area contributed by atoms with Crippen molar-refractivity contribution in [2.75, 3.05) is 18.4 Å². The van der Waals surface area contributed by atoms with Crippen LogP contribution < -0.4 is 10.6 Å². The fourth-order valence-corrected chi connectivity index (χ4v) is 3.46. The number of hydrogen-bond donors (Lipinski definition) is 2. The van der Waals surface area contributed by atoms with Gasteiger partial charge in [0, 0.05) is 55.7 Å². The number of nitrogens with one attached hydrogen (secondary N) is 2. The maximum atomic E-state index is 12.4. The van der Waals surface area contributed by atoms with Gasteiger partial charge < -0.3 is 19.8 Å². The first-order chi connectivity index (χ1) is 14.1. The molecule has 0 saturated carbocycles. The molecule has 1 amide bonds. The smallest absolute Gasteiger partial charge is 0.224 e. The summed E-state index contributed by atoms with van der Waals surface area (Å²) in [6.45, 7) is 2.97. The Kier molecular flexibility index (Phi) is 5.29. The molecule has 3 aromatic heterocycles. The summed E-state index contributed by atoms with van der Waals surface area (Å²) < 4.78 is 3.99. The van der Waals surface area contributed by atoms with Crippen molar-refractivity contribution < 1.29 is 4.79 Å². The van der Waals surface area contributed by atoms with Gasteiger partial charge in [0.15, 0.2) is 0 Å². The van der Waals surface area contributed by atoms with E-state index >= 15 is 0 Å². The number of aromatic nitrogens is 4. The summed E-state index contributed by atoms with van der Waals surface area (Å²) in [5.74, 6) is 2.25. The Morgan fingerprint density at radius 2 is 1.86 bits per heavy atom. The normalized spacial score (nSPS) is 11.0. The van der Waals surface area contributed by atoms with Crippen LogP contribution in [0, 0.1) is 6.92 Å². The first-order valence-corrected chi connectivity index (χ1v) is 9.63. The maximum Gasteiger partial charge on any atom is 0.224 e. The van der Waals surface area contributed by atoms with Crippen molar-refractivity contribution in [1.82, 2.24) is 24.4 Å². The third kappa shape index (κ3) is 4.29. The third-order valence-corrected chi connectivity index (χ3v) is 4.78.